The fourth-order valence-corrected chi connectivity index (χ4v) is 2.95. The first kappa shape index (κ1) is 21.9. The predicted molar refractivity (Wildman–Crippen MR) is 101 cm³/mol. The average Bonchev–Trinajstić information content (AvgIpc) is 2.40. The van der Waals surface area contributed by atoms with Crippen LogP contribution >= 0.6 is 0 Å². The summed E-state index contributed by atoms with van der Waals surface area (Å²) in [6, 6.07) is 0.569. The maximum atomic E-state index is 3.81. The summed E-state index contributed by atoms with van der Waals surface area (Å²) < 4.78 is 0. The molecule has 0 radical (unpaired) electrons. The Kier molecular flexibility index (Phi) is 12.3. The van der Waals surface area contributed by atoms with E-state index < -0.39 is 0 Å². The molecule has 0 aromatic rings. The van der Waals surface area contributed by atoms with Gasteiger partial charge < -0.3 is 15.1 Å². The van der Waals surface area contributed by atoms with Gasteiger partial charge in [0.25, 0.3) is 0 Å². The summed E-state index contributed by atoms with van der Waals surface area (Å²) in [5.74, 6) is 2.18. The second kappa shape index (κ2) is 12.3. The zero-order valence-corrected chi connectivity index (χ0v) is 16.7. The molecule has 1 atom stereocenters. The molecular weight excluding hydrogens is 270 g/mol. The van der Waals surface area contributed by atoms with Crippen molar-refractivity contribution in [1.29, 1.82) is 0 Å². The van der Waals surface area contributed by atoms with Gasteiger partial charge in [-0.25, -0.2) is 0 Å². The van der Waals surface area contributed by atoms with E-state index in [0.717, 1.165) is 38.0 Å². The summed E-state index contributed by atoms with van der Waals surface area (Å²) in [5, 5.41) is 3.81. The van der Waals surface area contributed by atoms with Gasteiger partial charge in [-0.1, -0.05) is 55.4 Å². The Hall–Kier alpha value is -0.120. The molecule has 0 fully saturated rings. The molecule has 134 valence electrons. The molecule has 22 heavy (non-hydrogen) atoms. The standard InChI is InChI=1S/C19H43N3/c1-9-21(10-2)14-19(20-11-16(3)4)15-22(12-17(5)6)13-18(7)8/h16-20H,9-15H2,1-8H3/t19-/m1/s1. The van der Waals surface area contributed by atoms with E-state index >= 15 is 0 Å². The van der Waals surface area contributed by atoms with E-state index in [4.69, 9.17) is 0 Å². The van der Waals surface area contributed by atoms with Gasteiger partial charge in [0.1, 0.15) is 0 Å². The second-order valence-electron chi connectivity index (χ2n) is 7.99. The van der Waals surface area contributed by atoms with Crippen LogP contribution in [-0.4, -0.2) is 61.7 Å². The van der Waals surface area contributed by atoms with Gasteiger partial charge in [-0.2, -0.15) is 0 Å². The highest BCUT2D eigenvalue weighted by molar-refractivity contribution is 4.77. The maximum Gasteiger partial charge on any atom is 0.0322 e. The molecule has 0 aromatic carbocycles. The van der Waals surface area contributed by atoms with Crippen LogP contribution in [0.15, 0.2) is 0 Å². The van der Waals surface area contributed by atoms with Crippen LogP contribution in [0.4, 0.5) is 0 Å². The summed E-state index contributed by atoms with van der Waals surface area (Å²) in [7, 11) is 0. The van der Waals surface area contributed by atoms with Gasteiger partial charge in [-0.15, -0.1) is 0 Å². The summed E-state index contributed by atoms with van der Waals surface area (Å²) in [5.41, 5.74) is 0. The van der Waals surface area contributed by atoms with Crippen LogP contribution in [-0.2, 0) is 0 Å². The molecule has 0 bridgehead atoms. The van der Waals surface area contributed by atoms with Crippen LogP contribution in [0, 0.1) is 17.8 Å². The molecule has 0 heterocycles. The lowest BCUT2D eigenvalue weighted by Crippen LogP contribution is -2.50. The highest BCUT2D eigenvalue weighted by Gasteiger charge is 2.18. The van der Waals surface area contributed by atoms with E-state index in [0.29, 0.717) is 12.0 Å². The SMILES string of the molecule is CCN(CC)C[C@H](CN(CC(C)C)CC(C)C)NCC(C)C. The van der Waals surface area contributed by atoms with Crippen molar-refractivity contribution in [2.24, 2.45) is 17.8 Å². The summed E-state index contributed by atoms with van der Waals surface area (Å²) in [6.45, 7) is 26.6. The lowest BCUT2D eigenvalue weighted by atomic mass is 10.1. The van der Waals surface area contributed by atoms with E-state index in [1.54, 1.807) is 0 Å². The first-order chi connectivity index (χ1) is 10.3. The Morgan fingerprint density at radius 3 is 1.45 bits per heavy atom. The summed E-state index contributed by atoms with van der Waals surface area (Å²) in [4.78, 5) is 5.21. The molecule has 3 heteroatoms. The van der Waals surface area contributed by atoms with Crippen LogP contribution in [0.1, 0.15) is 55.4 Å². The van der Waals surface area contributed by atoms with Gasteiger partial charge >= 0.3 is 0 Å². The number of rotatable bonds is 13. The Morgan fingerprint density at radius 1 is 0.636 bits per heavy atom. The molecule has 0 aliphatic heterocycles. The van der Waals surface area contributed by atoms with E-state index in [9.17, 15) is 0 Å². The van der Waals surface area contributed by atoms with Gasteiger partial charge in [-0.05, 0) is 37.4 Å². The first-order valence-corrected chi connectivity index (χ1v) is 9.46. The van der Waals surface area contributed by atoms with E-state index in [1.165, 1.54) is 19.6 Å². The van der Waals surface area contributed by atoms with Gasteiger partial charge in [0, 0.05) is 32.2 Å². The van der Waals surface area contributed by atoms with Crippen LogP contribution in [0.5, 0.6) is 0 Å². The monoisotopic (exact) mass is 313 g/mol. The summed E-state index contributed by atoms with van der Waals surface area (Å²) >= 11 is 0. The van der Waals surface area contributed by atoms with E-state index in [1.807, 2.05) is 0 Å². The van der Waals surface area contributed by atoms with Crippen LogP contribution in [0.2, 0.25) is 0 Å². The Balaban J connectivity index is 4.70. The number of nitrogens with one attached hydrogen (secondary N) is 1. The molecule has 0 aliphatic rings. The molecular formula is C19H43N3. The molecule has 0 aromatic heterocycles. The molecule has 0 saturated carbocycles. The third kappa shape index (κ3) is 11.4. The number of hydrogen-bond donors (Lipinski definition) is 1. The lowest BCUT2D eigenvalue weighted by Gasteiger charge is -2.33. The van der Waals surface area contributed by atoms with E-state index in [2.05, 4.69) is 70.5 Å². The molecule has 0 unspecified atom stereocenters. The first-order valence-electron chi connectivity index (χ1n) is 9.46. The molecule has 0 aliphatic carbocycles. The zero-order valence-electron chi connectivity index (χ0n) is 16.7. The van der Waals surface area contributed by atoms with Gasteiger partial charge in [0.05, 0.1) is 0 Å². The van der Waals surface area contributed by atoms with Crippen molar-refractivity contribution in [2.45, 2.75) is 61.4 Å². The van der Waals surface area contributed by atoms with Crippen molar-refractivity contribution in [1.82, 2.24) is 15.1 Å². The normalized spacial score (nSPS) is 14.0. The second-order valence-corrected chi connectivity index (χ2v) is 7.99. The summed E-state index contributed by atoms with van der Waals surface area (Å²) in [6.07, 6.45) is 0. The Morgan fingerprint density at radius 2 is 1.09 bits per heavy atom. The van der Waals surface area contributed by atoms with Crippen molar-refractivity contribution in [3.8, 4) is 0 Å². The minimum Gasteiger partial charge on any atom is -0.311 e. The van der Waals surface area contributed by atoms with Gasteiger partial charge in [0.2, 0.25) is 0 Å². The fourth-order valence-electron chi connectivity index (χ4n) is 2.95. The van der Waals surface area contributed by atoms with Crippen molar-refractivity contribution in [3.63, 3.8) is 0 Å². The maximum absolute atomic E-state index is 3.81. The van der Waals surface area contributed by atoms with Crippen molar-refractivity contribution >= 4 is 0 Å². The molecule has 1 N–H and O–H groups in total. The quantitative estimate of drug-likeness (QED) is 0.561. The smallest absolute Gasteiger partial charge is 0.0322 e. The van der Waals surface area contributed by atoms with Crippen molar-refractivity contribution in [3.05, 3.63) is 0 Å². The molecule has 0 rings (SSSR count). The highest BCUT2D eigenvalue weighted by Crippen LogP contribution is 2.06. The fraction of sp³-hybridized carbons (Fsp3) is 1.00. The van der Waals surface area contributed by atoms with Crippen molar-refractivity contribution < 1.29 is 0 Å². The average molecular weight is 314 g/mol. The van der Waals surface area contributed by atoms with Crippen molar-refractivity contribution in [2.75, 3.05) is 45.8 Å². The van der Waals surface area contributed by atoms with E-state index in [-0.39, 0.29) is 0 Å². The predicted octanol–water partition coefficient (Wildman–Crippen LogP) is 3.56. The minimum atomic E-state index is 0.569. The Labute approximate surface area is 140 Å². The minimum absolute atomic E-state index is 0.569. The molecule has 3 nitrogen and oxygen atoms in total. The third-order valence-corrected chi connectivity index (χ3v) is 3.91. The number of likely N-dealkylation sites (N-methyl/N-ethyl adjacent to an activating group) is 1. The van der Waals surface area contributed by atoms with Crippen LogP contribution < -0.4 is 5.32 Å². The Bertz CT molecular complexity index is 237. The van der Waals surface area contributed by atoms with Crippen LogP contribution in [0.3, 0.4) is 0 Å². The van der Waals surface area contributed by atoms with Gasteiger partial charge in [-0.3, -0.25) is 0 Å². The third-order valence-electron chi connectivity index (χ3n) is 3.91. The largest absolute Gasteiger partial charge is 0.311 e. The topological polar surface area (TPSA) is 18.5 Å². The van der Waals surface area contributed by atoms with Gasteiger partial charge in [0.15, 0.2) is 0 Å². The molecule has 0 amide bonds. The molecule has 0 saturated heterocycles. The number of nitrogens with zero attached hydrogens (tertiary/aromatic N) is 2. The van der Waals surface area contributed by atoms with Crippen LogP contribution in [0.25, 0.3) is 0 Å². The lowest BCUT2D eigenvalue weighted by molar-refractivity contribution is 0.169. The number of hydrogen-bond acceptors (Lipinski definition) is 3. The zero-order chi connectivity index (χ0) is 17.1. The highest BCUT2D eigenvalue weighted by atomic mass is 15.2. The molecule has 0 spiro atoms.